The van der Waals surface area contributed by atoms with E-state index in [-0.39, 0.29) is 0 Å². The van der Waals surface area contributed by atoms with Crippen molar-refractivity contribution in [2.24, 2.45) is 5.41 Å². The van der Waals surface area contributed by atoms with Crippen molar-refractivity contribution in [3.05, 3.63) is 0 Å². The molecule has 0 aromatic rings. The van der Waals surface area contributed by atoms with E-state index in [4.69, 9.17) is 5.26 Å². The molecule has 1 heterocycles. The lowest BCUT2D eigenvalue weighted by Crippen LogP contribution is -2.24. The van der Waals surface area contributed by atoms with Crippen molar-refractivity contribution in [2.75, 3.05) is 19.6 Å². The third kappa shape index (κ3) is 2.83. The maximum Gasteiger partial charge on any atom is 0.0622 e. The number of rotatable bonds is 3. The number of nitriles is 1. The molecule has 0 atom stereocenters. The molecule has 1 fully saturated rings. The number of unbranched alkanes of at least 4 members (excludes halogenated alkanes) is 1. The Morgan fingerprint density at radius 2 is 2.25 bits per heavy atom. The highest BCUT2D eigenvalue weighted by molar-refractivity contribution is 4.82. The van der Waals surface area contributed by atoms with Crippen LogP contribution in [-0.2, 0) is 0 Å². The van der Waals surface area contributed by atoms with E-state index in [9.17, 15) is 0 Å². The van der Waals surface area contributed by atoms with Crippen LogP contribution in [0.2, 0.25) is 0 Å². The molecule has 2 nitrogen and oxygen atoms in total. The van der Waals surface area contributed by atoms with Gasteiger partial charge in [0.1, 0.15) is 0 Å². The van der Waals surface area contributed by atoms with Crippen molar-refractivity contribution < 1.29 is 0 Å². The first kappa shape index (κ1) is 9.54. The highest BCUT2D eigenvalue weighted by Crippen LogP contribution is 2.28. The van der Waals surface area contributed by atoms with Crippen LogP contribution >= 0.6 is 0 Å². The molecular weight excluding hydrogens is 148 g/mol. The number of hydrogen-bond acceptors (Lipinski definition) is 2. The van der Waals surface area contributed by atoms with E-state index in [0.717, 1.165) is 13.0 Å². The summed E-state index contributed by atoms with van der Waals surface area (Å²) in [6.07, 6.45) is 3.04. The number of likely N-dealkylation sites (tertiary alicyclic amines) is 1. The fourth-order valence-electron chi connectivity index (χ4n) is 1.80. The maximum atomic E-state index is 8.37. The van der Waals surface area contributed by atoms with E-state index >= 15 is 0 Å². The lowest BCUT2D eigenvalue weighted by Gasteiger charge is -2.18. The Morgan fingerprint density at radius 1 is 1.50 bits per heavy atom. The Balaban J connectivity index is 2.16. The Labute approximate surface area is 75.2 Å². The summed E-state index contributed by atoms with van der Waals surface area (Å²) in [5, 5.41) is 8.37. The molecule has 0 bridgehead atoms. The molecular formula is C10H18N2. The lowest BCUT2D eigenvalue weighted by atomic mass is 9.93. The highest BCUT2D eigenvalue weighted by Gasteiger charge is 2.28. The quantitative estimate of drug-likeness (QED) is 0.600. The van der Waals surface area contributed by atoms with Crippen molar-refractivity contribution in [3.63, 3.8) is 0 Å². The first-order valence-electron chi connectivity index (χ1n) is 4.73. The van der Waals surface area contributed by atoms with Crippen LogP contribution in [0.4, 0.5) is 0 Å². The van der Waals surface area contributed by atoms with Crippen LogP contribution in [0, 0.1) is 16.7 Å². The van der Waals surface area contributed by atoms with E-state index in [1.54, 1.807) is 0 Å². The molecule has 1 saturated heterocycles. The van der Waals surface area contributed by atoms with Gasteiger partial charge in [0, 0.05) is 13.0 Å². The van der Waals surface area contributed by atoms with E-state index < -0.39 is 0 Å². The average molecular weight is 166 g/mol. The Kier molecular flexibility index (Phi) is 3.11. The highest BCUT2D eigenvalue weighted by atomic mass is 15.1. The van der Waals surface area contributed by atoms with Crippen LogP contribution in [0.5, 0.6) is 0 Å². The molecule has 0 N–H and O–H groups in total. The van der Waals surface area contributed by atoms with Gasteiger partial charge in [-0.05, 0) is 31.3 Å². The molecule has 0 amide bonds. The van der Waals surface area contributed by atoms with Gasteiger partial charge in [-0.15, -0.1) is 0 Å². The fraction of sp³-hybridized carbons (Fsp3) is 0.900. The average Bonchev–Trinajstić information content (AvgIpc) is 2.31. The van der Waals surface area contributed by atoms with Gasteiger partial charge in [0.25, 0.3) is 0 Å². The second-order valence-corrected chi connectivity index (χ2v) is 4.45. The lowest BCUT2D eigenvalue weighted by molar-refractivity contribution is 0.289. The second-order valence-electron chi connectivity index (χ2n) is 4.45. The van der Waals surface area contributed by atoms with E-state index in [0.29, 0.717) is 11.8 Å². The molecule has 1 aliphatic rings. The Bertz CT molecular complexity index is 179. The molecule has 0 unspecified atom stereocenters. The third-order valence-corrected chi connectivity index (χ3v) is 2.52. The molecule has 1 rings (SSSR count). The Hall–Kier alpha value is -0.550. The zero-order valence-electron chi connectivity index (χ0n) is 8.14. The van der Waals surface area contributed by atoms with Gasteiger partial charge in [0.2, 0.25) is 0 Å². The van der Waals surface area contributed by atoms with Gasteiger partial charge in [0.05, 0.1) is 6.07 Å². The van der Waals surface area contributed by atoms with Crippen LogP contribution in [0.25, 0.3) is 0 Å². The predicted octanol–water partition coefficient (Wildman–Crippen LogP) is 2.02. The summed E-state index contributed by atoms with van der Waals surface area (Å²) in [4.78, 5) is 2.47. The maximum absolute atomic E-state index is 8.37. The monoisotopic (exact) mass is 166 g/mol. The van der Waals surface area contributed by atoms with Crippen molar-refractivity contribution in [2.45, 2.75) is 33.1 Å². The SMILES string of the molecule is CC1(C)CCN(CCCC#N)C1. The van der Waals surface area contributed by atoms with E-state index in [1.165, 1.54) is 19.5 Å². The summed E-state index contributed by atoms with van der Waals surface area (Å²) >= 11 is 0. The van der Waals surface area contributed by atoms with Gasteiger partial charge < -0.3 is 4.90 Å². The minimum absolute atomic E-state index is 0.507. The molecule has 0 aliphatic carbocycles. The summed E-state index contributed by atoms with van der Waals surface area (Å²) < 4.78 is 0. The van der Waals surface area contributed by atoms with Crippen LogP contribution in [0.15, 0.2) is 0 Å². The summed E-state index contributed by atoms with van der Waals surface area (Å²) in [5.41, 5.74) is 0.507. The van der Waals surface area contributed by atoms with Crippen LogP contribution in [0.3, 0.4) is 0 Å². The first-order valence-corrected chi connectivity index (χ1v) is 4.73. The van der Waals surface area contributed by atoms with Gasteiger partial charge in [-0.25, -0.2) is 0 Å². The zero-order valence-corrected chi connectivity index (χ0v) is 8.14. The molecule has 12 heavy (non-hydrogen) atoms. The molecule has 0 saturated carbocycles. The van der Waals surface area contributed by atoms with Crippen LogP contribution in [0.1, 0.15) is 33.1 Å². The summed E-state index contributed by atoms with van der Waals surface area (Å²) in [6.45, 7) is 8.17. The number of hydrogen-bond donors (Lipinski definition) is 0. The summed E-state index contributed by atoms with van der Waals surface area (Å²) in [7, 11) is 0. The molecule has 1 aliphatic heterocycles. The van der Waals surface area contributed by atoms with Crippen LogP contribution < -0.4 is 0 Å². The summed E-state index contributed by atoms with van der Waals surface area (Å²) in [5.74, 6) is 0. The first-order chi connectivity index (χ1) is 5.64. The van der Waals surface area contributed by atoms with Gasteiger partial charge in [-0.3, -0.25) is 0 Å². The topological polar surface area (TPSA) is 27.0 Å². The fourth-order valence-corrected chi connectivity index (χ4v) is 1.80. The van der Waals surface area contributed by atoms with Crippen molar-refractivity contribution in [1.29, 1.82) is 5.26 Å². The normalized spacial score (nSPS) is 22.4. The van der Waals surface area contributed by atoms with Gasteiger partial charge in [-0.2, -0.15) is 5.26 Å². The van der Waals surface area contributed by atoms with Gasteiger partial charge in [-0.1, -0.05) is 13.8 Å². The molecule has 0 radical (unpaired) electrons. The van der Waals surface area contributed by atoms with Crippen molar-refractivity contribution in [3.8, 4) is 6.07 Å². The predicted molar refractivity (Wildman–Crippen MR) is 49.7 cm³/mol. The third-order valence-electron chi connectivity index (χ3n) is 2.52. The van der Waals surface area contributed by atoms with Crippen LogP contribution in [-0.4, -0.2) is 24.5 Å². The van der Waals surface area contributed by atoms with Gasteiger partial charge >= 0.3 is 0 Å². The van der Waals surface area contributed by atoms with E-state index in [1.807, 2.05) is 0 Å². The Morgan fingerprint density at radius 3 is 2.75 bits per heavy atom. The molecule has 0 spiro atoms. The summed E-state index contributed by atoms with van der Waals surface area (Å²) in [6, 6.07) is 2.19. The van der Waals surface area contributed by atoms with Gasteiger partial charge in [0.15, 0.2) is 0 Å². The number of nitrogens with zero attached hydrogens (tertiary/aromatic N) is 2. The zero-order chi connectivity index (χ0) is 9.03. The minimum Gasteiger partial charge on any atom is -0.303 e. The minimum atomic E-state index is 0.507. The molecule has 0 aromatic heterocycles. The largest absolute Gasteiger partial charge is 0.303 e. The second kappa shape index (κ2) is 3.91. The molecule has 2 heteroatoms. The smallest absolute Gasteiger partial charge is 0.0622 e. The molecule has 68 valence electrons. The molecule has 0 aromatic carbocycles. The van der Waals surface area contributed by atoms with E-state index in [2.05, 4.69) is 24.8 Å². The van der Waals surface area contributed by atoms with Crippen molar-refractivity contribution in [1.82, 2.24) is 4.90 Å². The van der Waals surface area contributed by atoms with Crippen molar-refractivity contribution >= 4 is 0 Å². The standard InChI is InChI=1S/C10H18N2/c1-10(2)5-8-12(9-10)7-4-3-6-11/h3-5,7-9H2,1-2H3.